The van der Waals surface area contributed by atoms with E-state index in [0.29, 0.717) is 5.75 Å². The maximum absolute atomic E-state index is 11.0. The van der Waals surface area contributed by atoms with E-state index in [1.165, 1.54) is 12.5 Å². The Hall–Kier alpha value is -1.98. The molecule has 0 saturated carbocycles. The van der Waals surface area contributed by atoms with Gasteiger partial charge in [0.2, 0.25) is 5.91 Å². The fraction of sp³-hybridized carbons (Fsp3) is 0.278. The molecule has 0 aromatic heterocycles. The quantitative estimate of drug-likeness (QED) is 0.763. The van der Waals surface area contributed by atoms with Gasteiger partial charge < -0.3 is 15.2 Å². The number of hydrogen-bond donors (Lipinski definition) is 2. The van der Waals surface area contributed by atoms with Gasteiger partial charge in [-0.05, 0) is 43.3 Å². The van der Waals surface area contributed by atoms with Crippen LogP contribution < -0.4 is 10.1 Å². The fourth-order valence-electron chi connectivity index (χ4n) is 1.91. The second kappa shape index (κ2) is 8.60. The lowest BCUT2D eigenvalue weighted by Crippen LogP contribution is -2.20. The number of hydrogen-bond acceptors (Lipinski definition) is 4. The van der Waals surface area contributed by atoms with Crippen LogP contribution in [-0.4, -0.2) is 29.5 Å². The first-order valence-electron chi connectivity index (χ1n) is 7.41. The van der Waals surface area contributed by atoms with E-state index in [1.807, 2.05) is 55.5 Å². The van der Waals surface area contributed by atoms with Crippen LogP contribution in [0.25, 0.3) is 0 Å². The van der Waals surface area contributed by atoms with Gasteiger partial charge in [-0.2, -0.15) is 0 Å². The number of aryl methyl sites for hydroxylation is 1. The summed E-state index contributed by atoms with van der Waals surface area (Å²) in [4.78, 5) is 12.0. The van der Waals surface area contributed by atoms with Gasteiger partial charge in [0, 0.05) is 23.3 Å². The summed E-state index contributed by atoms with van der Waals surface area (Å²) in [5.41, 5.74) is 1.95. The lowest BCUT2D eigenvalue weighted by molar-refractivity contribution is -0.114. The van der Waals surface area contributed by atoms with Gasteiger partial charge >= 0.3 is 0 Å². The van der Waals surface area contributed by atoms with E-state index < -0.39 is 6.10 Å². The first-order chi connectivity index (χ1) is 11.0. The first kappa shape index (κ1) is 17.4. The van der Waals surface area contributed by atoms with Gasteiger partial charge in [-0.25, -0.2) is 0 Å². The van der Waals surface area contributed by atoms with E-state index in [0.717, 1.165) is 16.3 Å². The summed E-state index contributed by atoms with van der Waals surface area (Å²) in [6.45, 7) is 3.76. The van der Waals surface area contributed by atoms with Crippen molar-refractivity contribution in [2.75, 3.05) is 17.7 Å². The predicted molar refractivity (Wildman–Crippen MR) is 94.2 cm³/mol. The average molecular weight is 331 g/mol. The number of carbonyl (C=O) groups excluding carboxylic acids is 1. The predicted octanol–water partition coefficient (Wildman–Crippen LogP) is 3.49. The number of carbonyl (C=O) groups is 1. The van der Waals surface area contributed by atoms with Gasteiger partial charge in [0.25, 0.3) is 0 Å². The summed E-state index contributed by atoms with van der Waals surface area (Å²) in [5.74, 6) is 1.22. The molecule has 0 aliphatic carbocycles. The highest BCUT2D eigenvalue weighted by molar-refractivity contribution is 7.99. The van der Waals surface area contributed by atoms with E-state index in [2.05, 4.69) is 5.32 Å². The van der Waals surface area contributed by atoms with Crippen molar-refractivity contribution in [3.63, 3.8) is 0 Å². The summed E-state index contributed by atoms with van der Waals surface area (Å²) in [5, 5.41) is 12.7. The second-order valence-corrected chi connectivity index (χ2v) is 6.39. The average Bonchev–Trinajstić information content (AvgIpc) is 2.53. The van der Waals surface area contributed by atoms with Gasteiger partial charge in [-0.3, -0.25) is 4.79 Å². The van der Waals surface area contributed by atoms with Crippen molar-refractivity contribution >= 4 is 23.4 Å². The third-order valence-corrected chi connectivity index (χ3v) is 4.24. The smallest absolute Gasteiger partial charge is 0.221 e. The van der Waals surface area contributed by atoms with Crippen LogP contribution >= 0.6 is 11.8 Å². The van der Waals surface area contributed by atoms with Crippen molar-refractivity contribution in [1.29, 1.82) is 0 Å². The monoisotopic (exact) mass is 331 g/mol. The van der Waals surface area contributed by atoms with Gasteiger partial charge in [0.05, 0.1) is 6.10 Å². The van der Waals surface area contributed by atoms with Crippen LogP contribution in [0.2, 0.25) is 0 Å². The van der Waals surface area contributed by atoms with E-state index in [1.54, 1.807) is 11.8 Å². The SMILES string of the molecule is CC(=O)Nc1ccc(SCC(O)COc2ccc(C)cc2)cc1. The molecule has 0 heterocycles. The lowest BCUT2D eigenvalue weighted by Gasteiger charge is -2.12. The van der Waals surface area contributed by atoms with Crippen LogP contribution in [0.15, 0.2) is 53.4 Å². The Bertz CT molecular complexity index is 626. The van der Waals surface area contributed by atoms with Gasteiger partial charge in [0.15, 0.2) is 0 Å². The molecule has 2 rings (SSSR count). The highest BCUT2D eigenvalue weighted by Gasteiger charge is 2.07. The Balaban J connectivity index is 1.74. The molecule has 122 valence electrons. The van der Waals surface area contributed by atoms with Gasteiger partial charge in [-0.1, -0.05) is 17.7 Å². The van der Waals surface area contributed by atoms with Crippen LogP contribution in [0.3, 0.4) is 0 Å². The van der Waals surface area contributed by atoms with Crippen LogP contribution in [0.1, 0.15) is 12.5 Å². The lowest BCUT2D eigenvalue weighted by atomic mass is 10.2. The summed E-state index contributed by atoms with van der Waals surface area (Å²) < 4.78 is 5.56. The normalized spacial score (nSPS) is 11.8. The number of thioether (sulfide) groups is 1. The molecule has 2 aromatic carbocycles. The Kier molecular flexibility index (Phi) is 6.50. The van der Waals surface area contributed by atoms with E-state index >= 15 is 0 Å². The van der Waals surface area contributed by atoms with Crippen molar-refractivity contribution in [2.45, 2.75) is 24.8 Å². The Morgan fingerprint density at radius 1 is 1.17 bits per heavy atom. The number of rotatable bonds is 7. The standard InChI is InChI=1S/C18H21NO3S/c1-13-3-7-17(8-4-13)22-11-16(21)12-23-18-9-5-15(6-10-18)19-14(2)20/h3-10,16,21H,11-12H2,1-2H3,(H,19,20). The molecule has 0 bridgehead atoms. The summed E-state index contributed by atoms with van der Waals surface area (Å²) >= 11 is 1.55. The number of aliphatic hydroxyl groups excluding tert-OH is 1. The highest BCUT2D eigenvalue weighted by Crippen LogP contribution is 2.21. The van der Waals surface area contributed by atoms with Crippen molar-refractivity contribution in [1.82, 2.24) is 0 Å². The van der Waals surface area contributed by atoms with Gasteiger partial charge in [0.1, 0.15) is 12.4 Å². The minimum absolute atomic E-state index is 0.0888. The number of ether oxygens (including phenoxy) is 1. The topological polar surface area (TPSA) is 58.6 Å². The van der Waals surface area contributed by atoms with Crippen molar-refractivity contribution < 1.29 is 14.6 Å². The molecule has 2 aromatic rings. The Morgan fingerprint density at radius 2 is 1.83 bits per heavy atom. The minimum Gasteiger partial charge on any atom is -0.491 e. The van der Waals surface area contributed by atoms with Crippen molar-refractivity contribution in [3.8, 4) is 5.75 Å². The maximum Gasteiger partial charge on any atom is 0.221 e. The van der Waals surface area contributed by atoms with Crippen molar-refractivity contribution in [3.05, 3.63) is 54.1 Å². The molecule has 0 spiro atoms. The van der Waals surface area contributed by atoms with Crippen LogP contribution in [0.5, 0.6) is 5.75 Å². The maximum atomic E-state index is 11.0. The summed E-state index contributed by atoms with van der Waals surface area (Å²) in [7, 11) is 0. The molecule has 5 heteroatoms. The molecule has 0 fully saturated rings. The third kappa shape index (κ3) is 6.34. The van der Waals surface area contributed by atoms with Crippen molar-refractivity contribution in [2.24, 2.45) is 0 Å². The second-order valence-electron chi connectivity index (χ2n) is 5.29. The molecule has 0 radical (unpaired) electrons. The zero-order chi connectivity index (χ0) is 16.7. The largest absolute Gasteiger partial charge is 0.491 e. The number of benzene rings is 2. The summed E-state index contributed by atoms with van der Waals surface area (Å²) in [6, 6.07) is 15.3. The first-order valence-corrected chi connectivity index (χ1v) is 8.39. The number of anilines is 1. The van der Waals surface area contributed by atoms with E-state index in [4.69, 9.17) is 4.74 Å². The number of aliphatic hydroxyl groups is 1. The van der Waals surface area contributed by atoms with Gasteiger partial charge in [-0.15, -0.1) is 11.8 Å². The molecule has 0 aliphatic rings. The number of amides is 1. The highest BCUT2D eigenvalue weighted by atomic mass is 32.2. The fourth-order valence-corrected chi connectivity index (χ4v) is 2.71. The van der Waals surface area contributed by atoms with Crippen LogP contribution in [-0.2, 0) is 4.79 Å². The van der Waals surface area contributed by atoms with E-state index in [-0.39, 0.29) is 12.5 Å². The molecule has 1 amide bonds. The zero-order valence-electron chi connectivity index (χ0n) is 13.3. The van der Waals surface area contributed by atoms with Crippen LogP contribution in [0.4, 0.5) is 5.69 Å². The molecule has 1 atom stereocenters. The zero-order valence-corrected chi connectivity index (χ0v) is 14.1. The Labute approximate surface area is 140 Å². The minimum atomic E-state index is -0.545. The molecular weight excluding hydrogens is 310 g/mol. The molecule has 2 N–H and O–H groups in total. The third-order valence-electron chi connectivity index (χ3n) is 3.08. The molecule has 4 nitrogen and oxygen atoms in total. The van der Waals surface area contributed by atoms with E-state index in [9.17, 15) is 9.90 Å². The molecule has 0 aliphatic heterocycles. The number of nitrogens with one attached hydrogen (secondary N) is 1. The summed E-state index contributed by atoms with van der Waals surface area (Å²) in [6.07, 6.45) is -0.545. The Morgan fingerprint density at radius 3 is 2.43 bits per heavy atom. The molecule has 23 heavy (non-hydrogen) atoms. The van der Waals surface area contributed by atoms with Crippen LogP contribution in [0, 0.1) is 6.92 Å². The molecular formula is C18H21NO3S. The molecule has 0 saturated heterocycles. The molecule has 1 unspecified atom stereocenters.